The summed E-state index contributed by atoms with van der Waals surface area (Å²) in [5.41, 5.74) is -1.02. The molecule has 2 aliphatic rings. The first-order chi connectivity index (χ1) is 7.81. The normalized spacial score (nSPS) is 35.5. The molecule has 0 amide bonds. The van der Waals surface area contributed by atoms with Gasteiger partial charge in [0.15, 0.2) is 0 Å². The summed E-state index contributed by atoms with van der Waals surface area (Å²) in [6, 6.07) is 0. The molecule has 1 unspecified atom stereocenters. The van der Waals surface area contributed by atoms with Crippen molar-refractivity contribution in [2.24, 2.45) is 16.7 Å². The summed E-state index contributed by atoms with van der Waals surface area (Å²) >= 11 is 0. The van der Waals surface area contributed by atoms with E-state index in [0.717, 1.165) is 19.3 Å². The first kappa shape index (κ1) is 13.0. The molecular weight excluding hydrogens is 240 g/mol. The van der Waals surface area contributed by atoms with E-state index < -0.39 is 15.5 Å². The smallest absolute Gasteiger partial charge is 0.265 e. The fraction of sp³-hybridized carbons (Fsp3) is 0.917. The standard InChI is InChI=1S/C12H20O4S/c1-3-11(4-2)9-5-6-12(11,10(13)7-9)8-17(14,15)16/h9H,3-8H2,1-2H3,(H,14,15,16)/t9?,12-/m1/s1. The highest BCUT2D eigenvalue weighted by Gasteiger charge is 2.67. The summed E-state index contributed by atoms with van der Waals surface area (Å²) < 4.78 is 31.6. The second-order valence-corrected chi connectivity index (χ2v) is 6.99. The highest BCUT2D eigenvalue weighted by Crippen LogP contribution is 2.67. The highest BCUT2D eigenvalue weighted by molar-refractivity contribution is 7.85. The Hall–Kier alpha value is -0.420. The van der Waals surface area contributed by atoms with Gasteiger partial charge in [-0.1, -0.05) is 13.8 Å². The maximum atomic E-state index is 12.2. The lowest BCUT2D eigenvalue weighted by Crippen LogP contribution is -2.44. The first-order valence-corrected chi connectivity index (χ1v) is 7.91. The van der Waals surface area contributed by atoms with Crippen molar-refractivity contribution in [2.45, 2.75) is 46.0 Å². The maximum absolute atomic E-state index is 12.2. The van der Waals surface area contributed by atoms with E-state index in [0.29, 0.717) is 18.8 Å². The fourth-order valence-electron chi connectivity index (χ4n) is 4.58. The van der Waals surface area contributed by atoms with E-state index in [1.165, 1.54) is 0 Å². The Balaban J connectivity index is 2.50. The van der Waals surface area contributed by atoms with Crippen molar-refractivity contribution < 1.29 is 17.8 Å². The van der Waals surface area contributed by atoms with E-state index in [1.54, 1.807) is 0 Å². The molecule has 98 valence electrons. The summed E-state index contributed by atoms with van der Waals surface area (Å²) in [5.74, 6) is -0.0152. The van der Waals surface area contributed by atoms with E-state index in [9.17, 15) is 13.2 Å². The molecule has 1 N–H and O–H groups in total. The van der Waals surface area contributed by atoms with Crippen molar-refractivity contribution in [1.29, 1.82) is 0 Å². The van der Waals surface area contributed by atoms with E-state index >= 15 is 0 Å². The number of hydrogen-bond donors (Lipinski definition) is 1. The van der Waals surface area contributed by atoms with Crippen LogP contribution < -0.4 is 0 Å². The number of fused-ring (bicyclic) bond motifs is 2. The summed E-state index contributed by atoms with van der Waals surface area (Å²) in [5, 5.41) is 0. The predicted octanol–water partition coefficient (Wildman–Crippen LogP) is 2.05. The number of hydrogen-bond acceptors (Lipinski definition) is 3. The predicted molar refractivity (Wildman–Crippen MR) is 64.2 cm³/mol. The quantitative estimate of drug-likeness (QED) is 0.785. The molecule has 4 nitrogen and oxygen atoms in total. The maximum Gasteiger partial charge on any atom is 0.265 e. The molecule has 0 aromatic carbocycles. The highest BCUT2D eigenvalue weighted by atomic mass is 32.2. The minimum absolute atomic E-state index is 0.0510. The van der Waals surface area contributed by atoms with Crippen LogP contribution in [0.3, 0.4) is 0 Å². The molecule has 0 aromatic rings. The van der Waals surface area contributed by atoms with E-state index in [1.807, 2.05) is 13.8 Å². The molecule has 0 radical (unpaired) electrons. The van der Waals surface area contributed by atoms with E-state index in [-0.39, 0.29) is 17.0 Å². The Bertz CT molecular complexity index is 435. The zero-order valence-corrected chi connectivity index (χ0v) is 11.2. The minimum atomic E-state index is -4.10. The topological polar surface area (TPSA) is 71.4 Å². The average molecular weight is 260 g/mol. The fourth-order valence-corrected chi connectivity index (χ4v) is 5.80. The molecule has 5 heteroatoms. The molecular formula is C12H20O4S. The lowest BCUT2D eigenvalue weighted by Gasteiger charge is -2.40. The van der Waals surface area contributed by atoms with Crippen molar-refractivity contribution in [3.05, 3.63) is 0 Å². The molecule has 2 rings (SSSR count). The molecule has 0 heterocycles. The SMILES string of the molecule is CCC1(CC)C2CC[C@@]1(CS(=O)(=O)O)C(=O)C2. The van der Waals surface area contributed by atoms with Crippen LogP contribution in [0.5, 0.6) is 0 Å². The average Bonchev–Trinajstić information content (AvgIpc) is 2.62. The molecule has 2 atom stereocenters. The Labute approximate surface area is 103 Å². The van der Waals surface area contributed by atoms with Gasteiger partial charge in [0.05, 0.1) is 11.2 Å². The van der Waals surface area contributed by atoms with Crippen molar-refractivity contribution in [3.8, 4) is 0 Å². The van der Waals surface area contributed by atoms with Crippen LogP contribution in [0.15, 0.2) is 0 Å². The van der Waals surface area contributed by atoms with Gasteiger partial charge in [0.2, 0.25) is 0 Å². The van der Waals surface area contributed by atoms with Gasteiger partial charge in [-0.3, -0.25) is 9.35 Å². The van der Waals surface area contributed by atoms with Crippen LogP contribution >= 0.6 is 0 Å². The molecule has 0 saturated heterocycles. The third-order valence-corrected chi connectivity index (χ3v) is 6.17. The molecule has 0 aromatic heterocycles. The van der Waals surface area contributed by atoms with Crippen LogP contribution in [0.1, 0.15) is 46.0 Å². The third-order valence-electron chi connectivity index (χ3n) is 5.31. The third kappa shape index (κ3) is 1.58. The van der Waals surface area contributed by atoms with Gasteiger partial charge >= 0.3 is 0 Å². The monoisotopic (exact) mass is 260 g/mol. The largest absolute Gasteiger partial charge is 0.299 e. The molecule has 2 bridgehead atoms. The van der Waals surface area contributed by atoms with Crippen molar-refractivity contribution in [3.63, 3.8) is 0 Å². The number of ketones is 1. The minimum Gasteiger partial charge on any atom is -0.299 e. The summed E-state index contributed by atoms with van der Waals surface area (Å²) in [6.07, 6.45) is 3.67. The Morgan fingerprint density at radius 1 is 1.35 bits per heavy atom. The number of rotatable bonds is 4. The molecule has 2 fully saturated rings. The van der Waals surface area contributed by atoms with Crippen LogP contribution in [0.4, 0.5) is 0 Å². The van der Waals surface area contributed by atoms with Crippen LogP contribution in [0.25, 0.3) is 0 Å². The van der Waals surface area contributed by atoms with Crippen LogP contribution in [-0.4, -0.2) is 24.5 Å². The van der Waals surface area contributed by atoms with Gasteiger partial charge in [0, 0.05) is 6.42 Å². The summed E-state index contributed by atoms with van der Waals surface area (Å²) in [4.78, 5) is 12.2. The molecule has 0 aliphatic heterocycles. The summed E-state index contributed by atoms with van der Waals surface area (Å²) in [6.45, 7) is 4.05. The van der Waals surface area contributed by atoms with Gasteiger partial charge in [0.1, 0.15) is 5.78 Å². The van der Waals surface area contributed by atoms with Crippen molar-refractivity contribution in [2.75, 3.05) is 5.75 Å². The number of carbonyl (C=O) groups is 1. The lowest BCUT2D eigenvalue weighted by molar-refractivity contribution is -0.128. The van der Waals surface area contributed by atoms with E-state index in [2.05, 4.69) is 0 Å². The molecule has 17 heavy (non-hydrogen) atoms. The lowest BCUT2D eigenvalue weighted by atomic mass is 9.64. The zero-order valence-electron chi connectivity index (χ0n) is 10.4. The van der Waals surface area contributed by atoms with Gasteiger partial charge in [0.25, 0.3) is 10.1 Å². The van der Waals surface area contributed by atoms with E-state index in [4.69, 9.17) is 4.55 Å². The Morgan fingerprint density at radius 3 is 2.35 bits per heavy atom. The van der Waals surface area contributed by atoms with Crippen molar-refractivity contribution in [1.82, 2.24) is 0 Å². The number of carbonyl (C=O) groups excluding carboxylic acids is 1. The second-order valence-electron chi connectivity index (χ2n) is 5.53. The van der Waals surface area contributed by atoms with Crippen LogP contribution in [-0.2, 0) is 14.9 Å². The Morgan fingerprint density at radius 2 is 1.94 bits per heavy atom. The van der Waals surface area contributed by atoms with Gasteiger partial charge in [-0.15, -0.1) is 0 Å². The van der Waals surface area contributed by atoms with Crippen LogP contribution in [0, 0.1) is 16.7 Å². The zero-order chi connectivity index (χ0) is 12.9. The summed E-state index contributed by atoms with van der Waals surface area (Å²) in [7, 11) is -4.10. The van der Waals surface area contributed by atoms with Gasteiger partial charge in [-0.25, -0.2) is 0 Å². The molecule has 2 aliphatic carbocycles. The second kappa shape index (κ2) is 3.79. The number of Topliss-reactive ketones (excluding diaryl/α,β-unsaturated/α-hetero) is 1. The molecule has 0 spiro atoms. The van der Waals surface area contributed by atoms with Gasteiger partial charge in [-0.2, -0.15) is 8.42 Å². The van der Waals surface area contributed by atoms with Crippen LogP contribution in [0.2, 0.25) is 0 Å². The van der Waals surface area contributed by atoms with Crippen molar-refractivity contribution >= 4 is 15.9 Å². The first-order valence-electron chi connectivity index (χ1n) is 6.30. The molecule has 2 saturated carbocycles. The van der Waals surface area contributed by atoms with Gasteiger partial charge < -0.3 is 0 Å². The Kier molecular flexibility index (Phi) is 2.90. The van der Waals surface area contributed by atoms with Gasteiger partial charge in [-0.05, 0) is 37.0 Å².